The maximum Gasteiger partial charge on any atom is 0.143 e. The molecule has 7 heteroatoms. The summed E-state index contributed by atoms with van der Waals surface area (Å²) in [6, 6.07) is 7.63. The highest BCUT2D eigenvalue weighted by Gasteiger charge is 2.09. The fourth-order valence-electron chi connectivity index (χ4n) is 1.72. The minimum Gasteiger partial charge on any atom is -0.496 e. The molecule has 6 nitrogen and oxygen atoms in total. The van der Waals surface area contributed by atoms with Gasteiger partial charge in [-0.1, -0.05) is 35.0 Å². The van der Waals surface area contributed by atoms with E-state index in [4.69, 9.17) is 21.5 Å². The van der Waals surface area contributed by atoms with Crippen molar-refractivity contribution in [3.8, 4) is 5.75 Å². The average molecular weight is 293 g/mol. The molecule has 20 heavy (non-hydrogen) atoms. The lowest BCUT2D eigenvalue weighted by Gasteiger charge is -2.11. The second-order valence-corrected chi connectivity index (χ2v) is 4.19. The summed E-state index contributed by atoms with van der Waals surface area (Å²) in [4.78, 5) is 7.91. The summed E-state index contributed by atoms with van der Waals surface area (Å²) in [6.07, 6.45) is 2.52. The van der Waals surface area contributed by atoms with Crippen molar-refractivity contribution in [3.63, 3.8) is 0 Å². The minimum atomic E-state index is 0.209. The van der Waals surface area contributed by atoms with Crippen LogP contribution in [-0.2, 0) is 6.54 Å². The number of para-hydroxylation sites is 1. The predicted octanol–water partition coefficient (Wildman–Crippen LogP) is 2.56. The van der Waals surface area contributed by atoms with Gasteiger partial charge in [-0.3, -0.25) is 0 Å². The van der Waals surface area contributed by atoms with E-state index in [0.29, 0.717) is 17.9 Å². The van der Waals surface area contributed by atoms with Gasteiger partial charge in [-0.05, 0) is 6.07 Å². The molecule has 2 rings (SSSR count). The van der Waals surface area contributed by atoms with E-state index in [9.17, 15) is 0 Å². The molecule has 2 N–H and O–H groups in total. The van der Waals surface area contributed by atoms with Gasteiger partial charge < -0.3 is 15.3 Å². The number of benzene rings is 1. The van der Waals surface area contributed by atoms with E-state index in [1.165, 1.54) is 12.5 Å². The Kier molecular flexibility index (Phi) is 4.73. The van der Waals surface area contributed by atoms with Crippen molar-refractivity contribution in [1.29, 1.82) is 0 Å². The van der Waals surface area contributed by atoms with Crippen LogP contribution in [0.5, 0.6) is 5.75 Å². The van der Waals surface area contributed by atoms with Gasteiger partial charge in [0.05, 0.1) is 18.9 Å². The van der Waals surface area contributed by atoms with Gasteiger partial charge >= 0.3 is 0 Å². The summed E-state index contributed by atoms with van der Waals surface area (Å²) >= 11 is 5.93. The van der Waals surface area contributed by atoms with E-state index in [0.717, 1.165) is 11.3 Å². The third-order valence-corrected chi connectivity index (χ3v) is 2.96. The Labute approximate surface area is 121 Å². The molecule has 2 aromatic rings. The lowest BCUT2D eigenvalue weighted by Crippen LogP contribution is -2.06. The fourth-order valence-corrected chi connectivity index (χ4v) is 1.90. The van der Waals surface area contributed by atoms with E-state index in [2.05, 4.69) is 20.4 Å². The summed E-state index contributed by atoms with van der Waals surface area (Å²) < 4.78 is 5.27. The summed E-state index contributed by atoms with van der Waals surface area (Å²) in [6.45, 7) is 0.490. The molecular formula is C13H13ClN4O2. The van der Waals surface area contributed by atoms with Crippen molar-refractivity contribution in [2.24, 2.45) is 5.16 Å². The summed E-state index contributed by atoms with van der Waals surface area (Å²) in [5, 5.41) is 14.9. The quantitative estimate of drug-likeness (QED) is 0.383. The first-order valence-electron chi connectivity index (χ1n) is 5.80. The zero-order valence-corrected chi connectivity index (χ0v) is 11.5. The predicted molar refractivity (Wildman–Crippen MR) is 76.7 cm³/mol. The maximum absolute atomic E-state index is 8.64. The molecule has 0 unspecified atom stereocenters. The number of hydrogen-bond acceptors (Lipinski definition) is 6. The number of nitrogens with one attached hydrogen (secondary N) is 1. The largest absolute Gasteiger partial charge is 0.496 e. The Morgan fingerprint density at radius 1 is 1.40 bits per heavy atom. The van der Waals surface area contributed by atoms with Crippen molar-refractivity contribution < 1.29 is 9.94 Å². The minimum absolute atomic E-state index is 0.209. The number of nitrogens with zero attached hydrogens (tertiary/aromatic N) is 3. The average Bonchev–Trinajstić information content (AvgIpc) is 2.48. The van der Waals surface area contributed by atoms with Crippen LogP contribution in [0.25, 0.3) is 0 Å². The van der Waals surface area contributed by atoms with Crippen molar-refractivity contribution in [2.75, 3.05) is 12.4 Å². The molecule has 0 amide bonds. The second-order valence-electron chi connectivity index (χ2n) is 3.84. The van der Waals surface area contributed by atoms with Crippen LogP contribution in [0, 0.1) is 0 Å². The molecule has 0 saturated heterocycles. The van der Waals surface area contributed by atoms with Crippen LogP contribution in [0.4, 0.5) is 5.82 Å². The van der Waals surface area contributed by atoms with E-state index in [1.807, 2.05) is 24.3 Å². The molecule has 1 aromatic heterocycles. The molecule has 0 atom stereocenters. The molecule has 1 aromatic carbocycles. The highest BCUT2D eigenvalue weighted by Crippen LogP contribution is 2.21. The Bertz CT molecular complexity index is 619. The molecule has 0 bridgehead atoms. The molecule has 104 valence electrons. The van der Waals surface area contributed by atoms with Crippen molar-refractivity contribution >= 4 is 23.6 Å². The zero-order valence-electron chi connectivity index (χ0n) is 10.7. The zero-order chi connectivity index (χ0) is 14.4. The topological polar surface area (TPSA) is 79.6 Å². The van der Waals surface area contributed by atoms with Gasteiger partial charge in [-0.15, -0.1) is 0 Å². The van der Waals surface area contributed by atoms with Crippen LogP contribution in [0.15, 0.2) is 35.7 Å². The first kappa shape index (κ1) is 14.1. The Balaban J connectivity index is 2.21. The van der Waals surface area contributed by atoms with Crippen LogP contribution in [0.2, 0.25) is 5.15 Å². The fraction of sp³-hybridized carbons (Fsp3) is 0.154. The third kappa shape index (κ3) is 3.16. The molecular weight excluding hydrogens is 280 g/mol. The highest BCUT2D eigenvalue weighted by molar-refractivity contribution is 6.32. The number of methoxy groups -OCH3 is 1. The molecule has 1 heterocycles. The number of aromatic nitrogens is 2. The van der Waals surface area contributed by atoms with Crippen LogP contribution in [-0.4, -0.2) is 28.5 Å². The summed E-state index contributed by atoms with van der Waals surface area (Å²) in [7, 11) is 1.62. The molecule has 0 radical (unpaired) electrons. The van der Waals surface area contributed by atoms with Gasteiger partial charge in [0.1, 0.15) is 23.0 Å². The lowest BCUT2D eigenvalue weighted by atomic mass is 10.2. The van der Waals surface area contributed by atoms with Crippen LogP contribution >= 0.6 is 11.6 Å². The number of hydrogen-bond donors (Lipinski definition) is 2. The number of halogens is 1. The van der Waals surface area contributed by atoms with Gasteiger partial charge in [-0.2, -0.15) is 0 Å². The van der Waals surface area contributed by atoms with Gasteiger partial charge in [0, 0.05) is 12.1 Å². The summed E-state index contributed by atoms with van der Waals surface area (Å²) in [5.41, 5.74) is 1.39. The molecule has 0 saturated carbocycles. The van der Waals surface area contributed by atoms with Crippen LogP contribution in [0.3, 0.4) is 0 Å². The number of anilines is 1. The monoisotopic (exact) mass is 292 g/mol. The van der Waals surface area contributed by atoms with Crippen LogP contribution in [0.1, 0.15) is 11.1 Å². The first-order chi connectivity index (χ1) is 9.76. The third-order valence-electron chi connectivity index (χ3n) is 2.66. The van der Waals surface area contributed by atoms with Crippen molar-refractivity contribution in [1.82, 2.24) is 9.97 Å². The normalized spacial score (nSPS) is 10.7. The van der Waals surface area contributed by atoms with Gasteiger partial charge in [0.25, 0.3) is 0 Å². The van der Waals surface area contributed by atoms with Gasteiger partial charge in [-0.25, -0.2) is 9.97 Å². The molecule has 0 spiro atoms. The van der Waals surface area contributed by atoms with E-state index in [1.54, 1.807) is 7.11 Å². The van der Waals surface area contributed by atoms with E-state index in [-0.39, 0.29) is 5.15 Å². The lowest BCUT2D eigenvalue weighted by molar-refractivity contribution is 0.322. The number of rotatable bonds is 5. The smallest absolute Gasteiger partial charge is 0.143 e. The van der Waals surface area contributed by atoms with Gasteiger partial charge in [0.15, 0.2) is 0 Å². The van der Waals surface area contributed by atoms with Crippen molar-refractivity contribution in [3.05, 3.63) is 46.9 Å². The second kappa shape index (κ2) is 6.72. The SMILES string of the molecule is COc1ccccc1CNc1ncnc(Cl)c1/C=N\O. The first-order valence-corrected chi connectivity index (χ1v) is 6.17. The maximum atomic E-state index is 8.64. The Morgan fingerprint density at radius 3 is 2.95 bits per heavy atom. The molecule has 0 aliphatic rings. The Morgan fingerprint density at radius 2 is 2.20 bits per heavy atom. The highest BCUT2D eigenvalue weighted by atomic mass is 35.5. The standard InChI is InChI=1S/C13H13ClN4O2/c1-20-11-5-3-2-4-9(11)6-15-13-10(7-18-19)12(14)16-8-17-13/h2-5,7-8,19H,6H2,1H3,(H,15,16,17)/b18-7-. The Hall–Kier alpha value is -2.34. The number of ether oxygens (including phenoxy) is 1. The van der Waals surface area contributed by atoms with Gasteiger partial charge in [0.2, 0.25) is 0 Å². The molecule has 0 aliphatic heterocycles. The van der Waals surface area contributed by atoms with E-state index < -0.39 is 0 Å². The summed E-state index contributed by atoms with van der Waals surface area (Å²) in [5.74, 6) is 1.26. The molecule has 0 fully saturated rings. The van der Waals surface area contributed by atoms with Crippen molar-refractivity contribution in [2.45, 2.75) is 6.54 Å². The molecule has 0 aliphatic carbocycles. The van der Waals surface area contributed by atoms with Crippen LogP contribution < -0.4 is 10.1 Å². The number of oxime groups is 1. The van der Waals surface area contributed by atoms with E-state index >= 15 is 0 Å².